The lowest BCUT2D eigenvalue weighted by Gasteiger charge is -2.35. The third kappa shape index (κ3) is 4.02. The first kappa shape index (κ1) is 21.0. The second-order valence-corrected chi connectivity index (χ2v) is 9.97. The summed E-state index contributed by atoms with van der Waals surface area (Å²) in [5.74, 6) is 0. The molecule has 2 heterocycles. The summed E-state index contributed by atoms with van der Waals surface area (Å²) in [5, 5.41) is 4.32. The fourth-order valence-corrected chi connectivity index (χ4v) is 5.26. The average molecular weight is 510 g/mol. The zero-order chi connectivity index (χ0) is 21.3. The molecule has 0 atom stereocenters. The maximum absolute atomic E-state index is 12.9. The molecule has 3 aromatic rings. The number of rotatable bonds is 4. The van der Waals surface area contributed by atoms with Gasteiger partial charge in [0.25, 0.3) is 5.56 Å². The molecule has 1 fully saturated rings. The Hall–Kier alpha value is -2.20. The number of piperazine rings is 1. The molecule has 7 nitrogen and oxygen atoms in total. The van der Waals surface area contributed by atoms with E-state index in [0.717, 1.165) is 4.47 Å². The molecule has 0 unspecified atom stereocenters. The summed E-state index contributed by atoms with van der Waals surface area (Å²) in [4.78, 5) is 14.8. The molecule has 1 saturated heterocycles. The summed E-state index contributed by atoms with van der Waals surface area (Å²) in [5.41, 5.74) is 0.723. The van der Waals surface area contributed by atoms with Crippen LogP contribution in [0.25, 0.3) is 5.69 Å². The highest BCUT2D eigenvalue weighted by atomic mass is 79.9. The van der Waals surface area contributed by atoms with Crippen molar-refractivity contribution in [2.24, 2.45) is 0 Å². The molecule has 30 heavy (non-hydrogen) atoms. The fourth-order valence-electron chi connectivity index (χ4n) is 3.32. The number of halogens is 2. The molecule has 1 aliphatic rings. The van der Waals surface area contributed by atoms with Gasteiger partial charge in [0.15, 0.2) is 0 Å². The van der Waals surface area contributed by atoms with Crippen molar-refractivity contribution in [1.29, 1.82) is 0 Å². The van der Waals surface area contributed by atoms with Gasteiger partial charge in [0.1, 0.15) is 5.02 Å². The summed E-state index contributed by atoms with van der Waals surface area (Å²) in [6, 6.07) is 15.6. The Morgan fingerprint density at radius 3 is 2.20 bits per heavy atom. The molecule has 156 valence electrons. The Balaban J connectivity index is 1.52. The van der Waals surface area contributed by atoms with Gasteiger partial charge in [0.05, 0.1) is 22.5 Å². The van der Waals surface area contributed by atoms with Crippen LogP contribution in [-0.4, -0.2) is 48.7 Å². The van der Waals surface area contributed by atoms with Crippen LogP contribution in [0.3, 0.4) is 0 Å². The average Bonchev–Trinajstić information content (AvgIpc) is 2.77. The molecule has 0 saturated carbocycles. The molecule has 2 aromatic carbocycles. The second-order valence-electron chi connectivity index (χ2n) is 6.74. The third-order valence-corrected chi connectivity index (χ3v) is 7.73. The number of aromatic nitrogens is 2. The quantitative estimate of drug-likeness (QED) is 0.540. The molecule has 0 amide bonds. The van der Waals surface area contributed by atoms with Crippen molar-refractivity contribution in [3.63, 3.8) is 0 Å². The highest BCUT2D eigenvalue weighted by Crippen LogP contribution is 2.25. The first-order valence-corrected chi connectivity index (χ1v) is 11.8. The van der Waals surface area contributed by atoms with Crippen molar-refractivity contribution in [3.05, 3.63) is 80.6 Å². The molecule has 10 heteroatoms. The van der Waals surface area contributed by atoms with Crippen LogP contribution in [0.4, 0.5) is 5.69 Å². The maximum atomic E-state index is 12.9. The number of para-hydroxylation sites is 1. The largest absolute Gasteiger partial charge is 0.366 e. The van der Waals surface area contributed by atoms with E-state index in [1.54, 1.807) is 42.6 Å². The van der Waals surface area contributed by atoms with E-state index >= 15 is 0 Å². The summed E-state index contributed by atoms with van der Waals surface area (Å²) < 4.78 is 29.2. The van der Waals surface area contributed by atoms with Gasteiger partial charge in [-0.05, 0) is 36.4 Å². The Kier molecular flexibility index (Phi) is 5.97. The van der Waals surface area contributed by atoms with E-state index in [1.165, 1.54) is 8.99 Å². The van der Waals surface area contributed by atoms with Gasteiger partial charge in [-0.1, -0.05) is 45.7 Å². The first-order valence-electron chi connectivity index (χ1n) is 9.22. The van der Waals surface area contributed by atoms with E-state index in [-0.39, 0.29) is 23.0 Å². The number of anilines is 1. The van der Waals surface area contributed by atoms with Crippen molar-refractivity contribution >= 4 is 43.2 Å². The number of nitrogens with zero attached hydrogens (tertiary/aromatic N) is 4. The summed E-state index contributed by atoms with van der Waals surface area (Å²) in [7, 11) is -3.57. The van der Waals surface area contributed by atoms with Crippen LogP contribution in [0.5, 0.6) is 0 Å². The highest BCUT2D eigenvalue weighted by Gasteiger charge is 2.29. The molecule has 0 radical (unpaired) electrons. The number of hydrogen-bond acceptors (Lipinski definition) is 5. The van der Waals surface area contributed by atoms with Gasteiger partial charge >= 0.3 is 0 Å². The third-order valence-electron chi connectivity index (χ3n) is 4.93. The minimum absolute atomic E-state index is 0.0677. The monoisotopic (exact) mass is 508 g/mol. The normalized spacial score (nSPS) is 15.3. The topological polar surface area (TPSA) is 75.5 Å². The van der Waals surface area contributed by atoms with Gasteiger partial charge in [0.2, 0.25) is 10.0 Å². The van der Waals surface area contributed by atoms with Crippen LogP contribution in [0.2, 0.25) is 5.02 Å². The lowest BCUT2D eigenvalue weighted by Crippen LogP contribution is -2.49. The SMILES string of the molecule is O=c1c(Cl)c(N2CCN(S(=O)(=O)c3ccc(Br)cc3)CC2)cnn1-c1ccccc1. The van der Waals surface area contributed by atoms with Crippen LogP contribution in [-0.2, 0) is 10.0 Å². The standard InChI is InChI=1S/C20H18BrClN4O3S/c21-15-6-8-17(9-7-15)30(28,29)25-12-10-24(11-13-25)18-14-23-26(20(27)19(18)22)16-4-2-1-3-5-16/h1-9,14H,10-13H2. The fraction of sp³-hybridized carbons (Fsp3) is 0.200. The van der Waals surface area contributed by atoms with Gasteiger partial charge in [-0.3, -0.25) is 4.79 Å². The summed E-state index contributed by atoms with van der Waals surface area (Å²) in [6.07, 6.45) is 1.55. The minimum atomic E-state index is -3.57. The van der Waals surface area contributed by atoms with E-state index in [2.05, 4.69) is 21.0 Å². The van der Waals surface area contributed by atoms with E-state index in [1.807, 2.05) is 23.1 Å². The molecule has 0 spiro atoms. The van der Waals surface area contributed by atoms with Gasteiger partial charge in [-0.15, -0.1) is 0 Å². The Morgan fingerprint density at radius 1 is 0.933 bits per heavy atom. The number of sulfonamides is 1. The lowest BCUT2D eigenvalue weighted by atomic mass is 10.3. The van der Waals surface area contributed by atoms with Gasteiger partial charge in [-0.25, -0.2) is 8.42 Å². The molecule has 0 N–H and O–H groups in total. The van der Waals surface area contributed by atoms with E-state index < -0.39 is 15.6 Å². The van der Waals surface area contributed by atoms with Crippen molar-refractivity contribution in [2.75, 3.05) is 31.1 Å². The smallest absolute Gasteiger partial charge is 0.292 e. The van der Waals surface area contributed by atoms with Crippen LogP contribution in [0, 0.1) is 0 Å². The minimum Gasteiger partial charge on any atom is -0.366 e. The van der Waals surface area contributed by atoms with Gasteiger partial charge < -0.3 is 4.90 Å². The molecule has 0 aliphatic carbocycles. The molecule has 0 bridgehead atoms. The predicted molar refractivity (Wildman–Crippen MR) is 120 cm³/mol. The van der Waals surface area contributed by atoms with E-state index in [4.69, 9.17) is 11.6 Å². The van der Waals surface area contributed by atoms with Crippen molar-refractivity contribution < 1.29 is 8.42 Å². The second kappa shape index (κ2) is 8.50. The predicted octanol–water partition coefficient (Wildman–Crippen LogP) is 3.16. The Labute approximate surface area is 187 Å². The van der Waals surface area contributed by atoms with Crippen LogP contribution in [0.1, 0.15) is 0 Å². The molecular weight excluding hydrogens is 492 g/mol. The lowest BCUT2D eigenvalue weighted by molar-refractivity contribution is 0.384. The van der Waals surface area contributed by atoms with E-state index in [9.17, 15) is 13.2 Å². The zero-order valence-electron chi connectivity index (χ0n) is 15.8. The summed E-state index contributed by atoms with van der Waals surface area (Å²) in [6.45, 7) is 1.39. The van der Waals surface area contributed by atoms with Gasteiger partial charge in [-0.2, -0.15) is 14.1 Å². The molecular formula is C20H18BrClN4O3S. The highest BCUT2D eigenvalue weighted by molar-refractivity contribution is 9.10. The maximum Gasteiger partial charge on any atom is 0.292 e. The zero-order valence-corrected chi connectivity index (χ0v) is 18.9. The van der Waals surface area contributed by atoms with Crippen LogP contribution < -0.4 is 10.5 Å². The molecule has 1 aliphatic heterocycles. The van der Waals surface area contributed by atoms with Crippen LogP contribution >= 0.6 is 27.5 Å². The Morgan fingerprint density at radius 2 is 1.57 bits per heavy atom. The first-order chi connectivity index (χ1) is 14.4. The van der Waals surface area contributed by atoms with Gasteiger partial charge in [0, 0.05) is 30.7 Å². The van der Waals surface area contributed by atoms with Crippen molar-refractivity contribution in [1.82, 2.24) is 14.1 Å². The van der Waals surface area contributed by atoms with Crippen molar-refractivity contribution in [2.45, 2.75) is 4.90 Å². The van der Waals surface area contributed by atoms with E-state index in [0.29, 0.717) is 24.5 Å². The number of hydrogen-bond donors (Lipinski definition) is 0. The molecule has 1 aromatic heterocycles. The van der Waals surface area contributed by atoms with Crippen molar-refractivity contribution in [3.8, 4) is 5.69 Å². The Bertz CT molecular complexity index is 1210. The number of benzene rings is 2. The molecule has 4 rings (SSSR count). The van der Waals surface area contributed by atoms with Crippen LogP contribution in [0.15, 0.2) is 75.0 Å². The summed E-state index contributed by atoms with van der Waals surface area (Å²) >= 11 is 9.68.